The summed E-state index contributed by atoms with van der Waals surface area (Å²) in [5.41, 5.74) is 0.960. The van der Waals surface area contributed by atoms with Crippen LogP contribution in [0.4, 0.5) is 10.1 Å². The average molecular weight is 370 g/mol. The number of carbonyl (C=O) groups is 2. The second kappa shape index (κ2) is 6.73. The number of nitrogens with one attached hydrogen (secondary N) is 2. The number of rotatable bonds is 5. The smallest absolute Gasteiger partial charge is 0.267 e. The fourth-order valence-electron chi connectivity index (χ4n) is 2.23. The van der Waals surface area contributed by atoms with Crippen LogP contribution in [0.5, 0.6) is 0 Å². The van der Waals surface area contributed by atoms with Gasteiger partial charge in [0.05, 0.1) is 9.88 Å². The van der Waals surface area contributed by atoms with E-state index in [0.29, 0.717) is 15.0 Å². The summed E-state index contributed by atoms with van der Waals surface area (Å²) >= 11 is 2.57. The zero-order chi connectivity index (χ0) is 17.2. The molecule has 4 rings (SSSR count). The Morgan fingerprint density at radius 3 is 2.52 bits per heavy atom. The van der Waals surface area contributed by atoms with Crippen molar-refractivity contribution in [2.75, 3.05) is 10.6 Å². The van der Waals surface area contributed by atoms with Crippen molar-refractivity contribution in [1.29, 1.82) is 0 Å². The summed E-state index contributed by atoms with van der Waals surface area (Å²) in [7, 11) is 0. The van der Waals surface area contributed by atoms with Crippen LogP contribution >= 0.6 is 22.7 Å². The first-order chi connectivity index (χ1) is 12.2. The van der Waals surface area contributed by atoms with Gasteiger partial charge in [0.15, 0.2) is 0 Å². The van der Waals surface area contributed by atoms with E-state index in [4.69, 9.17) is 0 Å². The van der Waals surface area contributed by atoms with Gasteiger partial charge in [-0.05, 0) is 25.0 Å². The minimum atomic E-state index is -0.257. The standard InChI is InChI=1S/C17H14N4O2S2/c22-14(10-6-7-10)18-13-9-8-12(24-13)15(23)19-17-21-20-16(25-17)11-4-2-1-3-5-11/h1-5,8-10H,6-7H2,(H,18,22)(H,19,21,23). The van der Waals surface area contributed by atoms with Gasteiger partial charge < -0.3 is 5.32 Å². The highest BCUT2D eigenvalue weighted by molar-refractivity contribution is 7.19. The maximum Gasteiger partial charge on any atom is 0.267 e. The van der Waals surface area contributed by atoms with E-state index in [9.17, 15) is 9.59 Å². The van der Waals surface area contributed by atoms with Gasteiger partial charge in [0.2, 0.25) is 11.0 Å². The molecule has 126 valence electrons. The molecule has 25 heavy (non-hydrogen) atoms. The number of aromatic nitrogens is 2. The van der Waals surface area contributed by atoms with Crippen molar-refractivity contribution >= 4 is 44.6 Å². The highest BCUT2D eigenvalue weighted by atomic mass is 32.1. The Hall–Kier alpha value is -2.58. The lowest BCUT2D eigenvalue weighted by Gasteiger charge is -1.99. The Morgan fingerprint density at radius 2 is 1.76 bits per heavy atom. The third kappa shape index (κ3) is 3.75. The predicted octanol–water partition coefficient (Wildman–Crippen LogP) is 3.87. The number of nitrogens with zero attached hydrogens (tertiary/aromatic N) is 2. The molecular weight excluding hydrogens is 356 g/mol. The van der Waals surface area contributed by atoms with Crippen LogP contribution in [0.2, 0.25) is 0 Å². The molecule has 6 nitrogen and oxygen atoms in total. The van der Waals surface area contributed by atoms with Gasteiger partial charge >= 0.3 is 0 Å². The summed E-state index contributed by atoms with van der Waals surface area (Å²) in [5, 5.41) is 15.6. The topological polar surface area (TPSA) is 84.0 Å². The van der Waals surface area contributed by atoms with E-state index < -0.39 is 0 Å². The Balaban J connectivity index is 1.41. The third-order valence-electron chi connectivity index (χ3n) is 3.69. The molecule has 0 unspecified atom stereocenters. The van der Waals surface area contributed by atoms with Crippen LogP contribution in [0.3, 0.4) is 0 Å². The number of benzene rings is 1. The summed E-state index contributed by atoms with van der Waals surface area (Å²) in [6.45, 7) is 0. The molecule has 2 aromatic heterocycles. The Kier molecular flexibility index (Phi) is 4.29. The summed E-state index contributed by atoms with van der Waals surface area (Å²) in [6, 6.07) is 13.1. The third-order valence-corrected chi connectivity index (χ3v) is 5.58. The van der Waals surface area contributed by atoms with E-state index in [1.165, 1.54) is 22.7 Å². The first kappa shape index (κ1) is 15.9. The molecule has 2 heterocycles. The van der Waals surface area contributed by atoms with Gasteiger partial charge in [-0.15, -0.1) is 21.5 Å². The number of thiophene rings is 1. The van der Waals surface area contributed by atoms with Gasteiger partial charge in [-0.25, -0.2) is 0 Å². The van der Waals surface area contributed by atoms with Crippen molar-refractivity contribution in [1.82, 2.24) is 10.2 Å². The molecule has 1 saturated carbocycles. The first-order valence-electron chi connectivity index (χ1n) is 7.80. The Morgan fingerprint density at radius 1 is 0.960 bits per heavy atom. The van der Waals surface area contributed by atoms with E-state index in [1.807, 2.05) is 30.3 Å². The van der Waals surface area contributed by atoms with Crippen molar-refractivity contribution in [3.05, 3.63) is 47.3 Å². The van der Waals surface area contributed by atoms with Gasteiger partial charge in [-0.2, -0.15) is 0 Å². The van der Waals surface area contributed by atoms with E-state index in [1.54, 1.807) is 12.1 Å². The van der Waals surface area contributed by atoms with Crippen LogP contribution in [-0.2, 0) is 4.79 Å². The molecule has 3 aromatic rings. The minimum absolute atomic E-state index is 0.0328. The number of hydrogen-bond acceptors (Lipinski definition) is 6. The molecule has 0 bridgehead atoms. The summed E-state index contributed by atoms with van der Waals surface area (Å²) < 4.78 is 0. The lowest BCUT2D eigenvalue weighted by Crippen LogP contribution is -2.12. The second-order valence-corrected chi connectivity index (χ2v) is 7.72. The molecule has 0 radical (unpaired) electrons. The predicted molar refractivity (Wildman–Crippen MR) is 99.0 cm³/mol. The Labute approximate surface area is 151 Å². The van der Waals surface area contributed by atoms with Crippen LogP contribution in [0.1, 0.15) is 22.5 Å². The molecule has 0 spiro atoms. The number of carbonyl (C=O) groups excluding carboxylic acids is 2. The molecule has 1 aromatic carbocycles. The van der Waals surface area contributed by atoms with Crippen molar-refractivity contribution < 1.29 is 9.59 Å². The Bertz CT molecular complexity index is 916. The molecule has 0 saturated heterocycles. The monoisotopic (exact) mass is 370 g/mol. The fourth-order valence-corrected chi connectivity index (χ4v) is 3.77. The average Bonchev–Trinajstić information content (AvgIpc) is 3.21. The van der Waals surface area contributed by atoms with Crippen LogP contribution in [0.15, 0.2) is 42.5 Å². The zero-order valence-corrected chi connectivity index (χ0v) is 14.7. The molecule has 1 aliphatic carbocycles. The molecule has 2 amide bonds. The summed E-state index contributed by atoms with van der Waals surface area (Å²) in [6.07, 6.45) is 1.90. The van der Waals surface area contributed by atoms with E-state index in [2.05, 4.69) is 20.8 Å². The normalized spacial score (nSPS) is 13.4. The summed E-state index contributed by atoms with van der Waals surface area (Å²) in [4.78, 5) is 24.6. The fraction of sp³-hybridized carbons (Fsp3) is 0.176. The van der Waals surface area contributed by atoms with Gasteiger partial charge in [-0.1, -0.05) is 41.7 Å². The molecule has 0 aliphatic heterocycles. The SMILES string of the molecule is O=C(Nc1nnc(-c2ccccc2)s1)c1ccc(NC(=O)C2CC2)s1. The van der Waals surface area contributed by atoms with E-state index >= 15 is 0 Å². The van der Waals surface area contributed by atoms with E-state index in [0.717, 1.165) is 23.4 Å². The van der Waals surface area contributed by atoms with Gasteiger partial charge in [0.1, 0.15) is 5.01 Å². The number of hydrogen-bond donors (Lipinski definition) is 2. The lowest BCUT2D eigenvalue weighted by atomic mass is 10.2. The molecule has 1 fully saturated rings. The van der Waals surface area contributed by atoms with Gasteiger partial charge in [0.25, 0.3) is 5.91 Å². The largest absolute Gasteiger partial charge is 0.317 e. The van der Waals surface area contributed by atoms with Gasteiger partial charge in [0, 0.05) is 11.5 Å². The van der Waals surface area contributed by atoms with Crippen LogP contribution < -0.4 is 10.6 Å². The number of amides is 2. The van der Waals surface area contributed by atoms with E-state index in [-0.39, 0.29) is 17.7 Å². The van der Waals surface area contributed by atoms with Crippen LogP contribution in [0.25, 0.3) is 10.6 Å². The molecular formula is C17H14N4O2S2. The van der Waals surface area contributed by atoms with Crippen LogP contribution in [-0.4, -0.2) is 22.0 Å². The number of anilines is 2. The van der Waals surface area contributed by atoms with Crippen molar-refractivity contribution in [2.45, 2.75) is 12.8 Å². The summed E-state index contributed by atoms with van der Waals surface area (Å²) in [5.74, 6) is -0.0877. The highest BCUT2D eigenvalue weighted by Gasteiger charge is 2.29. The zero-order valence-electron chi connectivity index (χ0n) is 13.1. The maximum atomic E-state index is 12.3. The molecule has 2 N–H and O–H groups in total. The quantitative estimate of drug-likeness (QED) is 0.714. The highest BCUT2D eigenvalue weighted by Crippen LogP contribution is 2.32. The second-order valence-electron chi connectivity index (χ2n) is 5.66. The minimum Gasteiger partial charge on any atom is -0.317 e. The van der Waals surface area contributed by atoms with Crippen LogP contribution in [0, 0.1) is 5.92 Å². The van der Waals surface area contributed by atoms with Crippen molar-refractivity contribution in [2.24, 2.45) is 5.92 Å². The first-order valence-corrected chi connectivity index (χ1v) is 9.43. The lowest BCUT2D eigenvalue weighted by molar-refractivity contribution is -0.117. The molecule has 1 aliphatic rings. The molecule has 8 heteroatoms. The maximum absolute atomic E-state index is 12.3. The van der Waals surface area contributed by atoms with Crippen molar-refractivity contribution in [3.8, 4) is 10.6 Å². The molecule has 0 atom stereocenters. The van der Waals surface area contributed by atoms with Gasteiger partial charge in [-0.3, -0.25) is 14.9 Å². The van der Waals surface area contributed by atoms with Crippen molar-refractivity contribution in [3.63, 3.8) is 0 Å².